The fourth-order valence-corrected chi connectivity index (χ4v) is 3.34. The van der Waals surface area contributed by atoms with Gasteiger partial charge in [-0.15, -0.1) is 0 Å². The lowest BCUT2D eigenvalue weighted by molar-refractivity contribution is -0.120. The summed E-state index contributed by atoms with van der Waals surface area (Å²) in [7, 11) is 3.12. The van der Waals surface area contributed by atoms with Gasteiger partial charge in [0.2, 0.25) is 5.91 Å². The molecular formula is C21H22ClN5O2. The number of methoxy groups -OCH3 is 1. The van der Waals surface area contributed by atoms with Gasteiger partial charge >= 0.3 is 0 Å². The van der Waals surface area contributed by atoms with E-state index in [-0.39, 0.29) is 24.0 Å². The van der Waals surface area contributed by atoms with E-state index < -0.39 is 6.04 Å². The maximum Gasteiger partial charge on any atom is 0.222 e. The molecule has 0 unspecified atom stereocenters. The predicted octanol–water partition coefficient (Wildman–Crippen LogP) is 3.49. The van der Waals surface area contributed by atoms with E-state index in [1.54, 1.807) is 45.3 Å². The summed E-state index contributed by atoms with van der Waals surface area (Å²) in [6.45, 7) is 1.60. The number of amidine groups is 2. The van der Waals surface area contributed by atoms with Crippen LogP contribution >= 0.6 is 11.6 Å². The second kappa shape index (κ2) is 8.45. The van der Waals surface area contributed by atoms with Gasteiger partial charge in [-0.2, -0.15) is 0 Å². The third-order valence-electron chi connectivity index (χ3n) is 4.65. The van der Waals surface area contributed by atoms with Gasteiger partial charge in [0.25, 0.3) is 0 Å². The Labute approximate surface area is 174 Å². The molecule has 0 radical (unpaired) electrons. The van der Waals surface area contributed by atoms with Gasteiger partial charge in [-0.25, -0.2) is 0 Å². The SMILES string of the molecule is CNC(=O)C[C@@H]1N=C(c2ccc(Cl)cc2)c2cc(OC)ccc2N(C(C)=N)C1=N. The molecule has 8 heteroatoms. The number of fused-ring (bicyclic) bond motifs is 1. The molecular weight excluding hydrogens is 390 g/mol. The number of ether oxygens (including phenoxy) is 1. The van der Waals surface area contributed by atoms with Crippen molar-refractivity contribution in [2.45, 2.75) is 19.4 Å². The molecule has 3 rings (SSSR count). The Kier molecular flexibility index (Phi) is 5.98. The summed E-state index contributed by atoms with van der Waals surface area (Å²) in [5, 5.41) is 20.1. The van der Waals surface area contributed by atoms with Gasteiger partial charge < -0.3 is 10.1 Å². The molecule has 1 aliphatic heterocycles. The topological polar surface area (TPSA) is 102 Å². The highest BCUT2D eigenvalue weighted by molar-refractivity contribution is 6.31. The number of nitrogens with one attached hydrogen (secondary N) is 3. The number of anilines is 1. The van der Waals surface area contributed by atoms with Crippen LogP contribution < -0.4 is 15.0 Å². The summed E-state index contributed by atoms with van der Waals surface area (Å²) in [4.78, 5) is 18.4. The van der Waals surface area contributed by atoms with Gasteiger partial charge in [0.15, 0.2) is 0 Å². The Hall–Kier alpha value is -3.19. The largest absolute Gasteiger partial charge is 0.497 e. The van der Waals surface area contributed by atoms with Crippen LogP contribution in [0, 0.1) is 10.8 Å². The number of nitrogens with zero attached hydrogens (tertiary/aromatic N) is 2. The molecule has 29 heavy (non-hydrogen) atoms. The van der Waals surface area contributed by atoms with Crippen LogP contribution in [0.15, 0.2) is 47.5 Å². The molecule has 3 N–H and O–H groups in total. The Morgan fingerprint density at radius 3 is 2.55 bits per heavy atom. The van der Waals surface area contributed by atoms with Gasteiger partial charge in [0.1, 0.15) is 23.5 Å². The van der Waals surface area contributed by atoms with Crippen LogP contribution in [0.1, 0.15) is 24.5 Å². The standard InChI is InChI=1S/C21H22ClN5O2/c1-12(23)27-18-9-8-15(29-3)10-16(18)20(13-4-6-14(22)7-5-13)26-17(21(27)24)11-19(28)25-2/h4-10,17,23-24H,11H2,1-3H3,(H,25,28)/t17-/m0/s1. The van der Waals surface area contributed by atoms with E-state index in [1.807, 2.05) is 18.2 Å². The van der Waals surface area contributed by atoms with Gasteiger partial charge in [0.05, 0.1) is 24.9 Å². The first-order chi connectivity index (χ1) is 13.8. The zero-order valence-electron chi connectivity index (χ0n) is 16.4. The number of amides is 1. The fraction of sp³-hybridized carbons (Fsp3) is 0.238. The van der Waals surface area contributed by atoms with Crippen LogP contribution in [0.2, 0.25) is 5.02 Å². The fourth-order valence-electron chi connectivity index (χ4n) is 3.21. The van der Waals surface area contributed by atoms with E-state index in [9.17, 15) is 4.79 Å². The zero-order valence-corrected chi connectivity index (χ0v) is 17.2. The van der Waals surface area contributed by atoms with Crippen molar-refractivity contribution in [3.63, 3.8) is 0 Å². The van der Waals surface area contributed by atoms with Crippen LogP contribution in [0.4, 0.5) is 5.69 Å². The second-order valence-electron chi connectivity index (χ2n) is 6.57. The minimum absolute atomic E-state index is 0.00132. The molecule has 7 nitrogen and oxygen atoms in total. The normalized spacial score (nSPS) is 15.9. The van der Waals surface area contributed by atoms with E-state index >= 15 is 0 Å². The van der Waals surface area contributed by atoms with E-state index in [1.165, 1.54) is 4.90 Å². The first kappa shape index (κ1) is 20.5. The second-order valence-corrected chi connectivity index (χ2v) is 7.00. The highest BCUT2D eigenvalue weighted by atomic mass is 35.5. The Balaban J connectivity index is 2.27. The first-order valence-electron chi connectivity index (χ1n) is 9.02. The van der Waals surface area contributed by atoms with E-state index in [0.717, 1.165) is 5.56 Å². The number of halogens is 1. The van der Waals surface area contributed by atoms with Gasteiger partial charge in [-0.1, -0.05) is 23.7 Å². The number of carbonyl (C=O) groups excluding carboxylic acids is 1. The number of rotatable bonds is 4. The Morgan fingerprint density at radius 1 is 1.28 bits per heavy atom. The summed E-state index contributed by atoms with van der Waals surface area (Å²) in [5.41, 5.74) is 2.75. The third kappa shape index (κ3) is 4.14. The summed E-state index contributed by atoms with van der Waals surface area (Å²) >= 11 is 6.05. The number of hydrogen-bond donors (Lipinski definition) is 3. The van der Waals surface area contributed by atoms with Gasteiger partial charge in [-0.3, -0.25) is 25.5 Å². The third-order valence-corrected chi connectivity index (χ3v) is 4.90. The molecule has 0 saturated carbocycles. The van der Waals surface area contributed by atoms with Crippen LogP contribution in [-0.2, 0) is 4.79 Å². The van der Waals surface area contributed by atoms with Crippen molar-refractivity contribution in [1.82, 2.24) is 5.32 Å². The molecule has 0 bridgehead atoms. The minimum Gasteiger partial charge on any atom is -0.497 e. The molecule has 0 fully saturated rings. The molecule has 150 valence electrons. The van der Waals surface area contributed by atoms with E-state index in [2.05, 4.69) is 5.32 Å². The van der Waals surface area contributed by atoms with Crippen molar-refractivity contribution in [1.29, 1.82) is 10.8 Å². The van der Waals surface area contributed by atoms with Crippen molar-refractivity contribution >= 4 is 40.6 Å². The van der Waals surface area contributed by atoms with Crippen molar-refractivity contribution in [3.8, 4) is 5.75 Å². The predicted molar refractivity (Wildman–Crippen MR) is 116 cm³/mol. The maximum absolute atomic E-state index is 12.1. The monoisotopic (exact) mass is 411 g/mol. The molecule has 1 atom stereocenters. The van der Waals surface area contributed by atoms with Crippen molar-refractivity contribution in [3.05, 3.63) is 58.6 Å². The smallest absolute Gasteiger partial charge is 0.222 e. The maximum atomic E-state index is 12.1. The van der Waals surface area contributed by atoms with E-state index in [4.69, 9.17) is 32.1 Å². The minimum atomic E-state index is -0.751. The molecule has 1 heterocycles. The highest BCUT2D eigenvalue weighted by Crippen LogP contribution is 2.33. The number of aliphatic imine (C=N–C) groups is 1. The van der Waals surface area contributed by atoms with Gasteiger partial charge in [0, 0.05) is 23.2 Å². The van der Waals surface area contributed by atoms with Gasteiger partial charge in [-0.05, 0) is 37.3 Å². The summed E-state index contributed by atoms with van der Waals surface area (Å²) in [6.07, 6.45) is 0.00132. The molecule has 1 amide bonds. The molecule has 0 spiro atoms. The van der Waals surface area contributed by atoms with Crippen LogP contribution in [0.25, 0.3) is 0 Å². The molecule has 2 aromatic rings. The number of benzodiazepines with no additional fused rings is 1. The lowest BCUT2D eigenvalue weighted by Gasteiger charge is -2.26. The van der Waals surface area contributed by atoms with Crippen molar-refractivity contribution < 1.29 is 9.53 Å². The lowest BCUT2D eigenvalue weighted by atomic mass is 9.99. The van der Waals surface area contributed by atoms with Crippen molar-refractivity contribution in [2.24, 2.45) is 4.99 Å². The number of hydrogen-bond acceptors (Lipinski definition) is 5. The molecule has 0 aromatic heterocycles. The summed E-state index contributed by atoms with van der Waals surface area (Å²) in [6, 6.07) is 11.9. The highest BCUT2D eigenvalue weighted by Gasteiger charge is 2.32. The molecule has 0 aliphatic carbocycles. The average Bonchev–Trinajstić information content (AvgIpc) is 2.82. The average molecular weight is 412 g/mol. The van der Waals surface area contributed by atoms with E-state index in [0.29, 0.717) is 27.7 Å². The first-order valence-corrected chi connectivity index (χ1v) is 9.40. The Bertz CT molecular complexity index is 1000. The summed E-state index contributed by atoms with van der Waals surface area (Å²) in [5.74, 6) is 0.627. The number of benzene rings is 2. The van der Waals surface area contributed by atoms with Crippen LogP contribution in [-0.4, -0.2) is 43.5 Å². The molecule has 0 saturated heterocycles. The number of carbonyl (C=O) groups is 1. The molecule has 1 aliphatic rings. The lowest BCUT2D eigenvalue weighted by Crippen LogP contribution is -2.42. The van der Waals surface area contributed by atoms with Crippen molar-refractivity contribution in [2.75, 3.05) is 19.1 Å². The quantitative estimate of drug-likeness (QED) is 0.530. The Morgan fingerprint density at radius 2 is 1.97 bits per heavy atom. The van der Waals surface area contributed by atoms with Crippen LogP contribution in [0.3, 0.4) is 0 Å². The summed E-state index contributed by atoms with van der Waals surface area (Å²) < 4.78 is 5.39. The molecule has 2 aromatic carbocycles. The van der Waals surface area contributed by atoms with Crippen LogP contribution in [0.5, 0.6) is 5.75 Å². The zero-order chi connectivity index (χ0) is 21.1.